The molecule has 1 atom stereocenters. The molecule has 1 heterocycles. The van der Waals surface area contributed by atoms with Gasteiger partial charge in [0.2, 0.25) is 0 Å². The van der Waals surface area contributed by atoms with Gasteiger partial charge in [0.05, 0.1) is 6.04 Å². The first-order valence-electron chi connectivity index (χ1n) is 4.09. The summed E-state index contributed by atoms with van der Waals surface area (Å²) in [5.41, 5.74) is 1.52. The molecule has 0 aromatic heterocycles. The molecule has 0 saturated carbocycles. The van der Waals surface area contributed by atoms with E-state index in [1.165, 1.54) is 5.57 Å². The number of nitrogens with zero attached hydrogens (tertiary/aromatic N) is 1. The summed E-state index contributed by atoms with van der Waals surface area (Å²) in [5, 5.41) is 0. The van der Waals surface area contributed by atoms with Crippen LogP contribution in [0.3, 0.4) is 0 Å². The van der Waals surface area contributed by atoms with Crippen LogP contribution >= 0.6 is 0 Å². The van der Waals surface area contributed by atoms with E-state index in [4.69, 9.17) is 0 Å². The second kappa shape index (κ2) is 3.55. The normalized spacial score (nSPS) is 24.6. The number of hydrogen-bond donors (Lipinski definition) is 0. The van der Waals surface area contributed by atoms with Crippen molar-refractivity contribution in [1.29, 1.82) is 0 Å². The molecule has 1 heteroatoms. The summed E-state index contributed by atoms with van der Waals surface area (Å²) in [6.07, 6.45) is 7.68. The zero-order chi connectivity index (χ0) is 7.40. The monoisotopic (exact) mass is 137 g/mol. The Labute approximate surface area is 62.9 Å². The molecule has 0 aromatic rings. The quantitative estimate of drug-likeness (QED) is 0.519. The standard InChI is InChI=1S/C9H15N/c1-3-8-6-5-7-10-9(8)4-2/h6-7,9H,3-5H2,1-2H3. The Hall–Kier alpha value is -0.590. The molecule has 1 rings (SSSR count). The number of hydrogen-bond acceptors (Lipinski definition) is 1. The summed E-state index contributed by atoms with van der Waals surface area (Å²) in [6, 6.07) is 0.499. The van der Waals surface area contributed by atoms with Crippen molar-refractivity contribution in [3.63, 3.8) is 0 Å². The van der Waals surface area contributed by atoms with Gasteiger partial charge in [0.25, 0.3) is 0 Å². The molecular formula is C9H15N. The summed E-state index contributed by atoms with van der Waals surface area (Å²) in [7, 11) is 0. The average Bonchev–Trinajstić information content (AvgIpc) is 2.04. The van der Waals surface area contributed by atoms with Crippen molar-refractivity contribution in [3.05, 3.63) is 11.6 Å². The van der Waals surface area contributed by atoms with E-state index in [9.17, 15) is 0 Å². The second-order valence-corrected chi connectivity index (χ2v) is 2.62. The lowest BCUT2D eigenvalue weighted by molar-refractivity contribution is 0.706. The van der Waals surface area contributed by atoms with E-state index in [1.807, 2.05) is 6.21 Å². The van der Waals surface area contributed by atoms with Crippen LogP contribution in [-0.2, 0) is 0 Å². The average molecular weight is 137 g/mol. The van der Waals surface area contributed by atoms with Gasteiger partial charge in [-0.05, 0) is 18.4 Å². The fourth-order valence-electron chi connectivity index (χ4n) is 1.37. The fraction of sp³-hybridized carbons (Fsp3) is 0.667. The van der Waals surface area contributed by atoms with Crippen LogP contribution in [0.1, 0.15) is 33.1 Å². The Balaban J connectivity index is 2.59. The van der Waals surface area contributed by atoms with Gasteiger partial charge < -0.3 is 0 Å². The summed E-state index contributed by atoms with van der Waals surface area (Å²) in [5.74, 6) is 0. The Morgan fingerprint density at radius 2 is 2.40 bits per heavy atom. The van der Waals surface area contributed by atoms with Crippen molar-refractivity contribution < 1.29 is 0 Å². The number of rotatable bonds is 2. The first kappa shape index (κ1) is 7.52. The van der Waals surface area contributed by atoms with Crippen LogP contribution in [0.4, 0.5) is 0 Å². The third-order valence-electron chi connectivity index (χ3n) is 1.99. The molecule has 10 heavy (non-hydrogen) atoms. The molecule has 56 valence electrons. The lowest BCUT2D eigenvalue weighted by atomic mass is 10.00. The summed E-state index contributed by atoms with van der Waals surface area (Å²) < 4.78 is 0. The van der Waals surface area contributed by atoms with E-state index in [2.05, 4.69) is 24.9 Å². The van der Waals surface area contributed by atoms with Gasteiger partial charge in [-0.1, -0.05) is 19.9 Å². The van der Waals surface area contributed by atoms with Gasteiger partial charge in [-0.25, -0.2) is 0 Å². The highest BCUT2D eigenvalue weighted by atomic mass is 14.8. The third kappa shape index (κ3) is 1.47. The van der Waals surface area contributed by atoms with E-state index in [1.54, 1.807) is 0 Å². The van der Waals surface area contributed by atoms with E-state index < -0.39 is 0 Å². The minimum atomic E-state index is 0.499. The van der Waals surface area contributed by atoms with E-state index in [0.717, 1.165) is 19.3 Å². The molecule has 0 bridgehead atoms. The van der Waals surface area contributed by atoms with Crippen LogP contribution in [0, 0.1) is 0 Å². The molecule has 1 aliphatic rings. The van der Waals surface area contributed by atoms with E-state index in [0.29, 0.717) is 6.04 Å². The smallest absolute Gasteiger partial charge is 0.0702 e. The number of aliphatic imine (C=N–C) groups is 1. The number of allylic oxidation sites excluding steroid dienone is 1. The lowest BCUT2D eigenvalue weighted by Crippen LogP contribution is -2.09. The maximum Gasteiger partial charge on any atom is 0.0702 e. The largest absolute Gasteiger partial charge is 0.289 e. The Bertz CT molecular complexity index is 156. The molecule has 0 aliphatic carbocycles. The minimum absolute atomic E-state index is 0.499. The van der Waals surface area contributed by atoms with E-state index in [-0.39, 0.29) is 0 Å². The van der Waals surface area contributed by atoms with Crippen LogP contribution in [0.2, 0.25) is 0 Å². The van der Waals surface area contributed by atoms with Crippen molar-refractivity contribution in [2.24, 2.45) is 4.99 Å². The van der Waals surface area contributed by atoms with Gasteiger partial charge in [0.15, 0.2) is 0 Å². The number of dihydropyridines is 1. The highest BCUT2D eigenvalue weighted by Gasteiger charge is 2.09. The first-order chi connectivity index (χ1) is 4.88. The first-order valence-corrected chi connectivity index (χ1v) is 4.09. The predicted octanol–water partition coefficient (Wildman–Crippen LogP) is 2.58. The summed E-state index contributed by atoms with van der Waals surface area (Å²) in [6.45, 7) is 4.39. The predicted molar refractivity (Wildman–Crippen MR) is 45.6 cm³/mol. The fourth-order valence-corrected chi connectivity index (χ4v) is 1.37. The minimum Gasteiger partial charge on any atom is -0.289 e. The summed E-state index contributed by atoms with van der Waals surface area (Å²) >= 11 is 0. The van der Waals surface area contributed by atoms with Gasteiger partial charge in [-0.15, -0.1) is 0 Å². The van der Waals surface area contributed by atoms with Crippen molar-refractivity contribution in [3.8, 4) is 0 Å². The van der Waals surface area contributed by atoms with Crippen LogP contribution in [0.5, 0.6) is 0 Å². The van der Waals surface area contributed by atoms with Gasteiger partial charge in [-0.2, -0.15) is 0 Å². The van der Waals surface area contributed by atoms with Gasteiger partial charge >= 0.3 is 0 Å². The lowest BCUT2D eigenvalue weighted by Gasteiger charge is -2.15. The molecule has 0 amide bonds. The van der Waals surface area contributed by atoms with Crippen LogP contribution < -0.4 is 0 Å². The molecule has 0 aromatic carbocycles. The molecule has 0 fully saturated rings. The Kier molecular flexibility index (Phi) is 2.67. The molecule has 1 aliphatic heterocycles. The Morgan fingerprint density at radius 1 is 1.60 bits per heavy atom. The van der Waals surface area contributed by atoms with Gasteiger partial charge in [0.1, 0.15) is 0 Å². The maximum absolute atomic E-state index is 4.41. The maximum atomic E-state index is 4.41. The van der Waals surface area contributed by atoms with Crippen LogP contribution in [0.15, 0.2) is 16.6 Å². The molecule has 0 saturated heterocycles. The topological polar surface area (TPSA) is 12.4 Å². The van der Waals surface area contributed by atoms with Crippen LogP contribution in [0.25, 0.3) is 0 Å². The van der Waals surface area contributed by atoms with Crippen molar-refractivity contribution >= 4 is 6.21 Å². The molecule has 1 unspecified atom stereocenters. The molecule has 1 nitrogen and oxygen atoms in total. The molecule has 0 N–H and O–H groups in total. The zero-order valence-electron chi connectivity index (χ0n) is 6.80. The van der Waals surface area contributed by atoms with Crippen molar-refractivity contribution in [2.45, 2.75) is 39.2 Å². The third-order valence-corrected chi connectivity index (χ3v) is 1.99. The SMILES string of the molecule is CCC1=CCC=NC1CC. The summed E-state index contributed by atoms with van der Waals surface area (Å²) in [4.78, 5) is 4.41. The van der Waals surface area contributed by atoms with Crippen molar-refractivity contribution in [2.75, 3.05) is 0 Å². The highest BCUT2D eigenvalue weighted by Crippen LogP contribution is 2.17. The molecule has 0 spiro atoms. The molecular weight excluding hydrogens is 122 g/mol. The highest BCUT2D eigenvalue weighted by molar-refractivity contribution is 5.62. The Morgan fingerprint density at radius 3 is 2.90 bits per heavy atom. The van der Waals surface area contributed by atoms with Gasteiger partial charge in [-0.3, -0.25) is 4.99 Å². The van der Waals surface area contributed by atoms with E-state index >= 15 is 0 Å². The molecule has 0 radical (unpaired) electrons. The van der Waals surface area contributed by atoms with Gasteiger partial charge in [0, 0.05) is 12.6 Å². The zero-order valence-corrected chi connectivity index (χ0v) is 6.80. The second-order valence-electron chi connectivity index (χ2n) is 2.62. The van der Waals surface area contributed by atoms with Crippen LogP contribution in [-0.4, -0.2) is 12.3 Å². The van der Waals surface area contributed by atoms with Crippen molar-refractivity contribution in [1.82, 2.24) is 0 Å².